The molecule has 0 aromatic carbocycles. The minimum absolute atomic E-state index is 0.394. The number of nitrogens with zero attached hydrogens (tertiary/aromatic N) is 1. The lowest BCUT2D eigenvalue weighted by Crippen LogP contribution is -1.91. The Bertz CT molecular complexity index is 101. The van der Waals surface area contributed by atoms with E-state index >= 15 is 0 Å². The molecule has 5 heteroatoms. The molecular formula is C4H7NO4. The van der Waals surface area contributed by atoms with Crippen molar-refractivity contribution in [1.29, 1.82) is 0 Å². The van der Waals surface area contributed by atoms with Gasteiger partial charge in [-0.05, 0) is 0 Å². The number of hydrogen-bond acceptors (Lipinski definition) is 4. The molecule has 0 fully saturated rings. The number of hydrogen-bond donors (Lipinski definition) is 1. The molecule has 0 rings (SSSR count). The summed E-state index contributed by atoms with van der Waals surface area (Å²) in [5.41, 5.74) is 0. The molecule has 0 heterocycles. The van der Waals surface area contributed by atoms with Gasteiger partial charge in [0.2, 0.25) is 0 Å². The van der Waals surface area contributed by atoms with Gasteiger partial charge in [-0.3, -0.25) is 0 Å². The van der Waals surface area contributed by atoms with Crippen molar-refractivity contribution in [3.05, 3.63) is 17.6 Å². The minimum atomic E-state index is -0.394. The van der Waals surface area contributed by atoms with Crippen LogP contribution >= 0.6 is 0 Å². The lowest BCUT2D eigenvalue weighted by atomic mass is 10.7. The maximum absolute atomic E-state index is 9.84. The Hall–Kier alpha value is -1.39. The molecule has 0 aliphatic rings. The molecule has 0 aromatic rings. The standard InChI is InChI=1S/C4H6O2.HNO2/c1-3-4(5)6-2;2-1-3/h3H,1H2,2H3;(H,2,3). The maximum Gasteiger partial charge on any atom is 0.329 e. The van der Waals surface area contributed by atoms with Crippen LogP contribution in [0, 0.1) is 4.91 Å². The van der Waals surface area contributed by atoms with Gasteiger partial charge in [-0.2, -0.15) is 0 Å². The second-order valence-electron chi connectivity index (χ2n) is 0.809. The molecule has 0 radical (unpaired) electrons. The topological polar surface area (TPSA) is 76.0 Å². The highest BCUT2D eigenvalue weighted by Gasteiger charge is 1.81. The predicted molar refractivity (Wildman–Crippen MR) is 29.8 cm³/mol. The molecular weight excluding hydrogens is 126 g/mol. The molecule has 0 saturated carbocycles. The molecule has 0 unspecified atom stereocenters. The molecule has 0 atom stereocenters. The maximum atomic E-state index is 9.84. The summed E-state index contributed by atoms with van der Waals surface area (Å²) in [4.78, 5) is 18.0. The van der Waals surface area contributed by atoms with Crippen LogP contribution in [0.25, 0.3) is 0 Å². The Balaban J connectivity index is 0. The van der Waals surface area contributed by atoms with E-state index in [-0.39, 0.29) is 0 Å². The minimum Gasteiger partial charge on any atom is -0.466 e. The molecule has 9 heavy (non-hydrogen) atoms. The zero-order chi connectivity index (χ0) is 7.70. The van der Waals surface area contributed by atoms with Crippen molar-refractivity contribution < 1.29 is 14.7 Å². The normalized spacial score (nSPS) is 5.89. The Morgan fingerprint density at radius 1 is 1.89 bits per heavy atom. The van der Waals surface area contributed by atoms with Crippen LogP contribution in [0.2, 0.25) is 0 Å². The highest BCUT2D eigenvalue weighted by molar-refractivity contribution is 5.80. The Morgan fingerprint density at radius 3 is 2.22 bits per heavy atom. The highest BCUT2D eigenvalue weighted by Crippen LogP contribution is 1.67. The first-order chi connectivity index (χ1) is 4.22. The number of esters is 1. The SMILES string of the molecule is C=CC(=O)OC.O=NO. The summed E-state index contributed by atoms with van der Waals surface area (Å²) in [7, 11) is 1.31. The number of rotatable bonds is 1. The van der Waals surface area contributed by atoms with Gasteiger partial charge in [-0.1, -0.05) is 6.58 Å². The van der Waals surface area contributed by atoms with Gasteiger partial charge in [0, 0.05) is 6.08 Å². The summed E-state index contributed by atoms with van der Waals surface area (Å²) in [6.07, 6.45) is 1.11. The van der Waals surface area contributed by atoms with Crippen molar-refractivity contribution in [3.63, 3.8) is 0 Å². The van der Waals surface area contributed by atoms with E-state index < -0.39 is 5.97 Å². The molecule has 52 valence electrons. The lowest BCUT2D eigenvalue weighted by molar-refractivity contribution is -0.134. The smallest absolute Gasteiger partial charge is 0.329 e. The van der Waals surface area contributed by atoms with Gasteiger partial charge in [0.05, 0.1) is 7.11 Å². The molecule has 0 aliphatic heterocycles. The van der Waals surface area contributed by atoms with Gasteiger partial charge in [0.15, 0.2) is 5.34 Å². The van der Waals surface area contributed by atoms with Crippen LogP contribution in [0.3, 0.4) is 0 Å². The third kappa shape index (κ3) is 20.6. The number of ether oxygens (including phenoxy) is 1. The Kier molecular flexibility index (Phi) is 11.5. The van der Waals surface area contributed by atoms with E-state index in [0.29, 0.717) is 0 Å². The van der Waals surface area contributed by atoms with Gasteiger partial charge >= 0.3 is 5.97 Å². The number of methoxy groups -OCH3 is 1. The van der Waals surface area contributed by atoms with E-state index in [9.17, 15) is 4.79 Å². The van der Waals surface area contributed by atoms with E-state index in [1.54, 1.807) is 0 Å². The van der Waals surface area contributed by atoms with Gasteiger partial charge in [0.1, 0.15) is 0 Å². The average molecular weight is 133 g/mol. The molecule has 0 bridgehead atoms. The average Bonchev–Trinajstić information content (AvgIpc) is 1.88. The highest BCUT2D eigenvalue weighted by atomic mass is 16.6. The first kappa shape index (κ1) is 10.6. The lowest BCUT2D eigenvalue weighted by Gasteiger charge is -1.83. The van der Waals surface area contributed by atoms with Crippen LogP contribution in [0.1, 0.15) is 0 Å². The van der Waals surface area contributed by atoms with Crippen LogP contribution in [-0.4, -0.2) is 18.3 Å². The summed E-state index contributed by atoms with van der Waals surface area (Å²) in [5.74, 6) is -0.394. The Morgan fingerprint density at radius 2 is 2.22 bits per heavy atom. The first-order valence-corrected chi connectivity index (χ1v) is 1.90. The summed E-state index contributed by atoms with van der Waals surface area (Å²) in [6, 6.07) is 0. The van der Waals surface area contributed by atoms with Crippen LogP contribution in [0.15, 0.2) is 18.0 Å². The molecule has 0 saturated heterocycles. The Labute approximate surface area is 51.9 Å². The van der Waals surface area contributed by atoms with Gasteiger partial charge in [-0.15, -0.1) is 4.91 Å². The fourth-order valence-corrected chi connectivity index (χ4v) is 0.0833. The van der Waals surface area contributed by atoms with Gasteiger partial charge in [0.25, 0.3) is 0 Å². The molecule has 0 aromatic heterocycles. The summed E-state index contributed by atoms with van der Waals surface area (Å²) < 4.78 is 4.14. The van der Waals surface area contributed by atoms with E-state index in [1.807, 2.05) is 0 Å². The predicted octanol–water partition coefficient (Wildman–Crippen LogP) is 0.487. The summed E-state index contributed by atoms with van der Waals surface area (Å²) in [6.45, 7) is 3.16. The molecule has 0 aliphatic carbocycles. The van der Waals surface area contributed by atoms with Crippen molar-refractivity contribution in [2.75, 3.05) is 7.11 Å². The third-order valence-electron chi connectivity index (χ3n) is 0.368. The van der Waals surface area contributed by atoms with Crippen molar-refractivity contribution >= 4 is 5.97 Å². The second-order valence-corrected chi connectivity index (χ2v) is 0.809. The third-order valence-corrected chi connectivity index (χ3v) is 0.368. The van der Waals surface area contributed by atoms with Crippen molar-refractivity contribution in [2.45, 2.75) is 0 Å². The van der Waals surface area contributed by atoms with Crippen LogP contribution in [0.5, 0.6) is 0 Å². The van der Waals surface area contributed by atoms with E-state index in [4.69, 9.17) is 10.1 Å². The number of carbonyl (C=O) groups excluding carboxylic acids is 1. The van der Waals surface area contributed by atoms with Crippen molar-refractivity contribution in [2.24, 2.45) is 5.34 Å². The van der Waals surface area contributed by atoms with E-state index in [2.05, 4.69) is 11.3 Å². The molecule has 0 spiro atoms. The zero-order valence-electron chi connectivity index (χ0n) is 4.90. The van der Waals surface area contributed by atoms with Crippen LogP contribution in [0.4, 0.5) is 0 Å². The first-order valence-electron chi connectivity index (χ1n) is 1.90. The quantitative estimate of drug-likeness (QED) is 0.244. The summed E-state index contributed by atoms with van der Waals surface area (Å²) in [5, 5.41) is 7.89. The molecule has 5 nitrogen and oxygen atoms in total. The monoisotopic (exact) mass is 133 g/mol. The zero-order valence-corrected chi connectivity index (χ0v) is 4.90. The van der Waals surface area contributed by atoms with Crippen LogP contribution in [-0.2, 0) is 9.53 Å². The number of carbonyl (C=O) groups is 1. The largest absolute Gasteiger partial charge is 0.466 e. The molecule has 0 amide bonds. The van der Waals surface area contributed by atoms with Gasteiger partial charge in [-0.25, -0.2) is 4.79 Å². The summed E-state index contributed by atoms with van der Waals surface area (Å²) >= 11 is 0. The van der Waals surface area contributed by atoms with Gasteiger partial charge < -0.3 is 9.94 Å². The second kappa shape index (κ2) is 9.79. The van der Waals surface area contributed by atoms with Crippen LogP contribution < -0.4 is 0 Å². The fourth-order valence-electron chi connectivity index (χ4n) is 0.0833. The van der Waals surface area contributed by atoms with Crippen molar-refractivity contribution in [1.82, 2.24) is 0 Å². The van der Waals surface area contributed by atoms with E-state index in [0.717, 1.165) is 6.08 Å². The van der Waals surface area contributed by atoms with Crippen molar-refractivity contribution in [3.8, 4) is 0 Å². The fraction of sp³-hybridized carbons (Fsp3) is 0.250. The molecule has 1 N–H and O–H groups in total. The van der Waals surface area contributed by atoms with E-state index in [1.165, 1.54) is 12.4 Å².